The lowest BCUT2D eigenvalue weighted by molar-refractivity contribution is 0.0952. The van der Waals surface area contributed by atoms with Crippen molar-refractivity contribution >= 4 is 17.4 Å². The van der Waals surface area contributed by atoms with Gasteiger partial charge in [0.1, 0.15) is 23.1 Å². The average Bonchev–Trinajstić information content (AvgIpc) is 2.53. The number of carbonyl (C=O) groups excluding carboxylic acids is 1. The minimum Gasteiger partial charge on any atom is -0.489 e. The van der Waals surface area contributed by atoms with Crippen molar-refractivity contribution in [1.82, 2.24) is 15.3 Å². The second-order valence-electron chi connectivity index (χ2n) is 5.47. The summed E-state index contributed by atoms with van der Waals surface area (Å²) in [6.07, 6.45) is 1.67. The number of ether oxygens (including phenoxy) is 1. The van der Waals surface area contributed by atoms with Crippen molar-refractivity contribution in [3.8, 4) is 5.75 Å². The maximum atomic E-state index is 12.1. The maximum Gasteiger partial charge on any atom is 0.270 e. The SMILES string of the molecule is C=CCNC(=O)c1cc(Nc2ccccc2OC(C)C)nc(C)n1. The van der Waals surface area contributed by atoms with Crippen molar-refractivity contribution in [2.45, 2.75) is 26.9 Å². The molecule has 0 fully saturated rings. The highest BCUT2D eigenvalue weighted by Gasteiger charge is 2.11. The Bertz CT molecular complexity index is 729. The lowest BCUT2D eigenvalue weighted by atomic mass is 10.2. The number of benzene rings is 1. The van der Waals surface area contributed by atoms with Gasteiger partial charge in [0.25, 0.3) is 5.91 Å². The number of amides is 1. The minimum atomic E-state index is -0.268. The van der Waals surface area contributed by atoms with Crippen molar-refractivity contribution in [2.24, 2.45) is 0 Å². The van der Waals surface area contributed by atoms with Crippen molar-refractivity contribution in [3.05, 3.63) is 54.5 Å². The summed E-state index contributed by atoms with van der Waals surface area (Å²) in [5, 5.41) is 5.90. The van der Waals surface area contributed by atoms with Crippen LogP contribution in [0.5, 0.6) is 5.75 Å². The van der Waals surface area contributed by atoms with Crippen LogP contribution < -0.4 is 15.4 Å². The van der Waals surface area contributed by atoms with Crippen LogP contribution in [0.3, 0.4) is 0 Å². The number of anilines is 2. The molecule has 1 aromatic carbocycles. The normalized spacial score (nSPS) is 10.3. The molecule has 0 atom stereocenters. The molecule has 1 heterocycles. The zero-order chi connectivity index (χ0) is 17.5. The quantitative estimate of drug-likeness (QED) is 0.764. The summed E-state index contributed by atoms with van der Waals surface area (Å²) >= 11 is 0. The first-order valence-corrected chi connectivity index (χ1v) is 7.77. The number of hydrogen-bond acceptors (Lipinski definition) is 5. The van der Waals surface area contributed by atoms with E-state index in [1.165, 1.54) is 0 Å². The van der Waals surface area contributed by atoms with Crippen LogP contribution in [-0.2, 0) is 0 Å². The van der Waals surface area contributed by atoms with Crippen LogP contribution >= 0.6 is 0 Å². The number of carbonyl (C=O) groups is 1. The summed E-state index contributed by atoms with van der Waals surface area (Å²) in [5.41, 5.74) is 1.08. The fourth-order valence-electron chi connectivity index (χ4n) is 2.07. The second-order valence-corrected chi connectivity index (χ2v) is 5.47. The van der Waals surface area contributed by atoms with E-state index in [0.717, 1.165) is 11.4 Å². The van der Waals surface area contributed by atoms with Crippen LogP contribution in [0.4, 0.5) is 11.5 Å². The zero-order valence-corrected chi connectivity index (χ0v) is 14.2. The van der Waals surface area contributed by atoms with Gasteiger partial charge in [0.15, 0.2) is 0 Å². The van der Waals surface area contributed by atoms with Gasteiger partial charge in [0.2, 0.25) is 0 Å². The fraction of sp³-hybridized carbons (Fsp3) is 0.278. The lowest BCUT2D eigenvalue weighted by Gasteiger charge is -2.15. The Morgan fingerprint density at radius 2 is 2.08 bits per heavy atom. The third-order valence-corrected chi connectivity index (χ3v) is 2.99. The third kappa shape index (κ3) is 4.81. The van der Waals surface area contributed by atoms with E-state index in [-0.39, 0.29) is 12.0 Å². The van der Waals surface area contributed by atoms with E-state index >= 15 is 0 Å². The Hall–Kier alpha value is -2.89. The molecule has 0 saturated carbocycles. The van der Waals surface area contributed by atoms with Crippen LogP contribution in [0.15, 0.2) is 43.0 Å². The molecule has 0 unspecified atom stereocenters. The second kappa shape index (κ2) is 8.10. The molecular formula is C18H22N4O2. The highest BCUT2D eigenvalue weighted by Crippen LogP contribution is 2.27. The van der Waals surface area contributed by atoms with Gasteiger partial charge < -0.3 is 15.4 Å². The van der Waals surface area contributed by atoms with Gasteiger partial charge >= 0.3 is 0 Å². The number of nitrogens with one attached hydrogen (secondary N) is 2. The predicted octanol–water partition coefficient (Wildman–Crippen LogP) is 3.23. The van der Waals surface area contributed by atoms with Gasteiger partial charge in [-0.15, -0.1) is 6.58 Å². The van der Waals surface area contributed by atoms with Gasteiger partial charge in [-0.1, -0.05) is 18.2 Å². The summed E-state index contributed by atoms with van der Waals surface area (Å²) in [5.74, 6) is 1.49. The fourth-order valence-corrected chi connectivity index (χ4v) is 2.07. The topological polar surface area (TPSA) is 76.1 Å². The molecule has 6 nitrogen and oxygen atoms in total. The van der Waals surface area contributed by atoms with Gasteiger partial charge in [-0.05, 0) is 32.9 Å². The highest BCUT2D eigenvalue weighted by atomic mass is 16.5. The summed E-state index contributed by atoms with van der Waals surface area (Å²) in [6, 6.07) is 9.20. The Morgan fingerprint density at radius 3 is 2.79 bits per heavy atom. The number of nitrogens with zero attached hydrogens (tertiary/aromatic N) is 2. The zero-order valence-electron chi connectivity index (χ0n) is 14.2. The molecule has 1 aromatic heterocycles. The monoisotopic (exact) mass is 326 g/mol. The third-order valence-electron chi connectivity index (χ3n) is 2.99. The van der Waals surface area contributed by atoms with Crippen molar-refractivity contribution in [3.63, 3.8) is 0 Å². The van der Waals surface area contributed by atoms with Gasteiger partial charge in [-0.3, -0.25) is 4.79 Å². The number of para-hydroxylation sites is 2. The molecule has 0 aliphatic carbocycles. The smallest absolute Gasteiger partial charge is 0.270 e. The molecule has 0 spiro atoms. The minimum absolute atomic E-state index is 0.0559. The molecule has 0 aliphatic heterocycles. The van der Waals surface area contributed by atoms with Gasteiger partial charge in [-0.2, -0.15) is 0 Å². The van der Waals surface area contributed by atoms with Gasteiger partial charge in [0.05, 0.1) is 11.8 Å². The molecule has 6 heteroatoms. The Labute approximate surface area is 142 Å². The molecule has 0 radical (unpaired) electrons. The van der Waals surface area contributed by atoms with E-state index in [1.807, 2.05) is 38.1 Å². The van der Waals surface area contributed by atoms with Crippen LogP contribution in [-0.4, -0.2) is 28.5 Å². The van der Waals surface area contributed by atoms with Crippen LogP contribution in [0.2, 0.25) is 0 Å². The Morgan fingerprint density at radius 1 is 1.33 bits per heavy atom. The van der Waals surface area contributed by atoms with Crippen molar-refractivity contribution in [2.75, 3.05) is 11.9 Å². The van der Waals surface area contributed by atoms with Crippen LogP contribution in [0.25, 0.3) is 0 Å². The van der Waals surface area contributed by atoms with Crippen molar-refractivity contribution in [1.29, 1.82) is 0 Å². The molecule has 1 amide bonds. The Kier molecular flexibility index (Phi) is 5.89. The lowest BCUT2D eigenvalue weighted by Crippen LogP contribution is -2.24. The molecule has 0 saturated heterocycles. The van der Waals surface area contributed by atoms with E-state index < -0.39 is 0 Å². The molecule has 0 aliphatic rings. The van der Waals surface area contributed by atoms with E-state index in [1.54, 1.807) is 19.1 Å². The predicted molar refractivity (Wildman–Crippen MR) is 94.8 cm³/mol. The first-order valence-electron chi connectivity index (χ1n) is 7.77. The van der Waals surface area contributed by atoms with Crippen LogP contribution in [0.1, 0.15) is 30.2 Å². The molecule has 2 N–H and O–H groups in total. The number of rotatable bonds is 7. The van der Waals surface area contributed by atoms with Crippen molar-refractivity contribution < 1.29 is 9.53 Å². The van der Waals surface area contributed by atoms with E-state index in [4.69, 9.17) is 4.74 Å². The summed E-state index contributed by atoms with van der Waals surface area (Å²) < 4.78 is 5.78. The summed E-state index contributed by atoms with van der Waals surface area (Å²) in [6.45, 7) is 9.64. The molecule has 24 heavy (non-hydrogen) atoms. The molecule has 126 valence electrons. The number of hydrogen-bond donors (Lipinski definition) is 2. The average molecular weight is 326 g/mol. The summed E-state index contributed by atoms with van der Waals surface area (Å²) in [4.78, 5) is 20.6. The first kappa shape index (κ1) is 17.5. The first-order chi connectivity index (χ1) is 11.5. The standard InChI is InChI=1S/C18H22N4O2/c1-5-10-19-18(23)15-11-17(21-13(4)20-15)22-14-8-6-7-9-16(14)24-12(2)3/h5-9,11-12H,1,10H2,2-4H3,(H,19,23)(H,20,21,22). The Balaban J connectivity index is 2.26. The molecule has 2 aromatic rings. The summed E-state index contributed by atoms with van der Waals surface area (Å²) in [7, 11) is 0. The largest absolute Gasteiger partial charge is 0.489 e. The maximum absolute atomic E-state index is 12.1. The van der Waals surface area contributed by atoms with Gasteiger partial charge in [-0.25, -0.2) is 9.97 Å². The molecular weight excluding hydrogens is 304 g/mol. The molecule has 0 bridgehead atoms. The van der Waals surface area contributed by atoms with E-state index in [0.29, 0.717) is 23.9 Å². The van der Waals surface area contributed by atoms with E-state index in [2.05, 4.69) is 27.2 Å². The number of aromatic nitrogens is 2. The molecule has 2 rings (SSSR count). The van der Waals surface area contributed by atoms with Gasteiger partial charge in [0, 0.05) is 12.6 Å². The van der Waals surface area contributed by atoms with Crippen LogP contribution in [0, 0.1) is 6.92 Å². The number of aryl methyl sites for hydroxylation is 1. The highest BCUT2D eigenvalue weighted by molar-refractivity contribution is 5.93. The van der Waals surface area contributed by atoms with E-state index in [9.17, 15) is 4.79 Å².